The molecule has 4 N–H and O–H groups in total. The summed E-state index contributed by atoms with van der Waals surface area (Å²) in [5.41, 5.74) is 0.531. The Balaban J connectivity index is 2.68. The second-order valence-corrected chi connectivity index (χ2v) is 5.94. The lowest BCUT2D eigenvalue weighted by Gasteiger charge is -2.18. The van der Waals surface area contributed by atoms with Crippen molar-refractivity contribution in [1.82, 2.24) is 5.32 Å². The highest BCUT2D eigenvalue weighted by atomic mass is 16.4. The molecular weight excluding hydrogens is 286 g/mol. The normalized spacial score (nSPS) is 13.6. The van der Waals surface area contributed by atoms with Crippen LogP contribution in [0.2, 0.25) is 0 Å². The molecule has 0 radical (unpaired) electrons. The van der Waals surface area contributed by atoms with Gasteiger partial charge in [0.1, 0.15) is 17.5 Å². The molecule has 1 rings (SSSR count). The minimum absolute atomic E-state index is 0.0548. The fraction of sp³-hybridized carbons (Fsp3) is 0.500. The second kappa shape index (κ2) is 7.68. The van der Waals surface area contributed by atoms with Crippen molar-refractivity contribution >= 4 is 11.9 Å². The molecule has 2 atom stereocenters. The molecule has 1 amide bonds. The first-order valence-corrected chi connectivity index (χ1v) is 7.24. The average Bonchev–Trinajstić information content (AvgIpc) is 2.36. The lowest BCUT2D eigenvalue weighted by atomic mass is 9.96. The molecular formula is C16H23NO5. The van der Waals surface area contributed by atoms with Gasteiger partial charge < -0.3 is 20.6 Å². The van der Waals surface area contributed by atoms with Crippen molar-refractivity contribution in [2.45, 2.75) is 45.6 Å². The quantitative estimate of drug-likeness (QED) is 0.618. The van der Waals surface area contributed by atoms with Crippen molar-refractivity contribution in [2.24, 2.45) is 5.92 Å². The molecule has 1 aromatic carbocycles. The van der Waals surface area contributed by atoms with Crippen LogP contribution in [0.25, 0.3) is 0 Å². The predicted molar refractivity (Wildman–Crippen MR) is 81.8 cm³/mol. The number of phenols is 2. The molecule has 1 aromatic rings. The fourth-order valence-corrected chi connectivity index (χ4v) is 2.28. The van der Waals surface area contributed by atoms with Gasteiger partial charge >= 0.3 is 5.97 Å². The molecule has 0 aliphatic heterocycles. The summed E-state index contributed by atoms with van der Waals surface area (Å²) in [5.74, 6) is -1.72. The zero-order valence-electron chi connectivity index (χ0n) is 13.0. The minimum Gasteiger partial charge on any atom is -0.508 e. The summed E-state index contributed by atoms with van der Waals surface area (Å²) in [6.07, 6.45) is 0.417. The van der Waals surface area contributed by atoms with Crippen molar-refractivity contribution in [2.75, 3.05) is 0 Å². The fourth-order valence-electron chi connectivity index (χ4n) is 2.28. The highest BCUT2D eigenvalue weighted by Gasteiger charge is 2.23. The van der Waals surface area contributed by atoms with Crippen molar-refractivity contribution in [3.63, 3.8) is 0 Å². The first-order valence-electron chi connectivity index (χ1n) is 7.24. The van der Waals surface area contributed by atoms with Gasteiger partial charge in [-0.1, -0.05) is 26.8 Å². The third kappa shape index (κ3) is 5.27. The summed E-state index contributed by atoms with van der Waals surface area (Å²) in [6, 6.07) is 3.28. The van der Waals surface area contributed by atoms with E-state index in [0.29, 0.717) is 12.0 Å². The van der Waals surface area contributed by atoms with Gasteiger partial charge in [-0.3, -0.25) is 4.79 Å². The van der Waals surface area contributed by atoms with Gasteiger partial charge in [-0.05, 0) is 29.9 Å². The Hall–Kier alpha value is -2.24. The van der Waals surface area contributed by atoms with E-state index in [1.807, 2.05) is 13.8 Å². The van der Waals surface area contributed by atoms with Gasteiger partial charge in [-0.2, -0.15) is 0 Å². The van der Waals surface area contributed by atoms with Crippen molar-refractivity contribution in [1.29, 1.82) is 0 Å². The number of benzene rings is 1. The van der Waals surface area contributed by atoms with Crippen molar-refractivity contribution in [3.8, 4) is 11.5 Å². The summed E-state index contributed by atoms with van der Waals surface area (Å²) in [4.78, 5) is 23.1. The predicted octanol–water partition coefficient (Wildman–Crippen LogP) is 2.21. The second-order valence-electron chi connectivity index (χ2n) is 5.94. The summed E-state index contributed by atoms with van der Waals surface area (Å²) < 4.78 is 0. The summed E-state index contributed by atoms with van der Waals surface area (Å²) in [5, 5.41) is 30.7. The van der Waals surface area contributed by atoms with Crippen LogP contribution in [0.15, 0.2) is 18.2 Å². The number of hydrogen-bond donors (Lipinski definition) is 4. The van der Waals surface area contributed by atoms with E-state index in [2.05, 4.69) is 5.32 Å². The first kappa shape index (κ1) is 17.8. The van der Waals surface area contributed by atoms with Crippen molar-refractivity contribution in [3.05, 3.63) is 23.8 Å². The van der Waals surface area contributed by atoms with Crippen LogP contribution in [0.5, 0.6) is 11.5 Å². The average molecular weight is 309 g/mol. The van der Waals surface area contributed by atoms with Crippen LogP contribution >= 0.6 is 0 Å². The van der Waals surface area contributed by atoms with E-state index in [9.17, 15) is 19.8 Å². The van der Waals surface area contributed by atoms with Crippen LogP contribution in [0, 0.1) is 5.92 Å². The van der Waals surface area contributed by atoms with E-state index in [-0.39, 0.29) is 35.7 Å². The number of carbonyl (C=O) groups excluding carboxylic acids is 1. The monoisotopic (exact) mass is 309 g/mol. The Morgan fingerprint density at radius 2 is 1.82 bits per heavy atom. The Kier molecular flexibility index (Phi) is 6.22. The Morgan fingerprint density at radius 3 is 2.32 bits per heavy atom. The lowest BCUT2D eigenvalue weighted by Crippen LogP contribution is -2.41. The number of aromatic hydroxyl groups is 2. The van der Waals surface area contributed by atoms with Crippen LogP contribution in [0.1, 0.15) is 45.1 Å². The smallest absolute Gasteiger partial charge is 0.326 e. The third-order valence-corrected chi connectivity index (χ3v) is 3.38. The molecule has 0 saturated heterocycles. The molecule has 0 bridgehead atoms. The molecule has 0 heterocycles. The molecule has 6 nitrogen and oxygen atoms in total. The first-order chi connectivity index (χ1) is 10.2. The molecule has 6 heteroatoms. The molecule has 122 valence electrons. The molecule has 0 fully saturated rings. The Bertz CT molecular complexity index is 541. The molecule has 0 aliphatic carbocycles. The van der Waals surface area contributed by atoms with Gasteiger partial charge in [0.2, 0.25) is 5.91 Å². The minimum atomic E-state index is -1.05. The van der Waals surface area contributed by atoms with Crippen LogP contribution < -0.4 is 5.32 Å². The topological polar surface area (TPSA) is 107 Å². The summed E-state index contributed by atoms with van der Waals surface area (Å²) >= 11 is 0. The van der Waals surface area contributed by atoms with Crippen LogP contribution in [0.3, 0.4) is 0 Å². The lowest BCUT2D eigenvalue weighted by molar-refractivity contribution is -0.142. The number of carboxylic acids is 1. The number of rotatable bonds is 7. The van der Waals surface area contributed by atoms with Gasteiger partial charge in [-0.15, -0.1) is 0 Å². The number of hydrogen-bond acceptors (Lipinski definition) is 4. The maximum Gasteiger partial charge on any atom is 0.326 e. The standard InChI is InChI=1S/C16H23NO5/c1-9(2)6-13(16(21)22)17-15(20)7-10(3)12-5-4-11(18)8-14(12)19/h4-5,8-10,13,18-19H,6-7H2,1-3H3,(H,17,20)(H,21,22)/t10?,13-/m1/s1. The van der Waals surface area contributed by atoms with Crippen molar-refractivity contribution < 1.29 is 24.9 Å². The number of nitrogens with one attached hydrogen (secondary N) is 1. The number of aliphatic carboxylic acids is 1. The van der Waals surface area contributed by atoms with Crippen LogP contribution in [-0.2, 0) is 9.59 Å². The van der Waals surface area contributed by atoms with E-state index in [0.717, 1.165) is 0 Å². The highest BCUT2D eigenvalue weighted by Crippen LogP contribution is 2.30. The SMILES string of the molecule is CC(C)C[C@@H](NC(=O)CC(C)c1ccc(O)cc1O)C(=O)O. The largest absolute Gasteiger partial charge is 0.508 e. The molecule has 0 saturated carbocycles. The Labute approximate surface area is 129 Å². The summed E-state index contributed by atoms with van der Waals surface area (Å²) in [7, 11) is 0. The molecule has 0 aromatic heterocycles. The van der Waals surface area contributed by atoms with Gasteiger partial charge in [0.25, 0.3) is 0 Å². The Morgan fingerprint density at radius 1 is 1.18 bits per heavy atom. The molecule has 0 aliphatic rings. The maximum absolute atomic E-state index is 12.0. The molecule has 0 spiro atoms. The molecule has 22 heavy (non-hydrogen) atoms. The zero-order chi connectivity index (χ0) is 16.9. The molecule has 1 unspecified atom stereocenters. The maximum atomic E-state index is 12.0. The van der Waals surface area contributed by atoms with Gasteiger partial charge in [0.05, 0.1) is 0 Å². The van der Waals surface area contributed by atoms with Crippen LogP contribution in [-0.4, -0.2) is 33.2 Å². The number of carbonyl (C=O) groups is 2. The number of amides is 1. The van der Waals surface area contributed by atoms with Gasteiger partial charge in [-0.25, -0.2) is 4.79 Å². The van der Waals surface area contributed by atoms with E-state index >= 15 is 0 Å². The number of phenolic OH excluding ortho intramolecular Hbond substituents is 2. The zero-order valence-corrected chi connectivity index (χ0v) is 13.0. The van der Waals surface area contributed by atoms with E-state index in [4.69, 9.17) is 5.11 Å². The summed E-state index contributed by atoms with van der Waals surface area (Å²) in [6.45, 7) is 5.53. The highest BCUT2D eigenvalue weighted by molar-refractivity contribution is 5.84. The van der Waals surface area contributed by atoms with E-state index in [1.54, 1.807) is 13.0 Å². The van der Waals surface area contributed by atoms with E-state index in [1.165, 1.54) is 12.1 Å². The third-order valence-electron chi connectivity index (χ3n) is 3.38. The van der Waals surface area contributed by atoms with E-state index < -0.39 is 12.0 Å². The number of carboxylic acid groups (broad SMARTS) is 1. The van der Waals surface area contributed by atoms with Crippen LogP contribution in [0.4, 0.5) is 0 Å². The van der Waals surface area contributed by atoms with Gasteiger partial charge in [0.15, 0.2) is 0 Å². The van der Waals surface area contributed by atoms with Gasteiger partial charge in [0, 0.05) is 12.5 Å².